The van der Waals surface area contributed by atoms with Crippen LogP contribution in [0.4, 0.5) is 17.2 Å². The number of carbonyl (C=O) groups is 2. The van der Waals surface area contributed by atoms with Gasteiger partial charge < -0.3 is 24.3 Å². The molecule has 2 amide bonds. The Balaban J connectivity index is 1.14. The first kappa shape index (κ1) is 25.9. The molecule has 210 valence electrons. The Morgan fingerprint density at radius 1 is 0.881 bits per heavy atom. The fourth-order valence-corrected chi connectivity index (χ4v) is 5.56. The molecule has 0 spiro atoms. The van der Waals surface area contributed by atoms with Crippen molar-refractivity contribution < 1.29 is 14.3 Å². The molecule has 42 heavy (non-hydrogen) atoms. The van der Waals surface area contributed by atoms with Crippen LogP contribution in [0, 0.1) is 6.92 Å². The van der Waals surface area contributed by atoms with Crippen molar-refractivity contribution in [3.05, 3.63) is 108 Å². The number of amides is 2. The molecule has 0 radical (unpaired) electrons. The number of morpholine rings is 1. The lowest BCUT2D eigenvalue weighted by Gasteiger charge is -2.26. The molecule has 2 aliphatic heterocycles. The molecule has 7 rings (SSSR count). The van der Waals surface area contributed by atoms with E-state index in [9.17, 15) is 9.59 Å². The highest BCUT2D eigenvalue weighted by molar-refractivity contribution is 6.07. The summed E-state index contributed by atoms with van der Waals surface area (Å²) in [7, 11) is 0. The van der Waals surface area contributed by atoms with E-state index in [-0.39, 0.29) is 11.8 Å². The molecule has 0 saturated carbocycles. The summed E-state index contributed by atoms with van der Waals surface area (Å²) in [6.07, 6.45) is 6.39. The number of benzene rings is 3. The van der Waals surface area contributed by atoms with Gasteiger partial charge in [0.1, 0.15) is 0 Å². The maximum atomic E-state index is 13.2. The summed E-state index contributed by atoms with van der Waals surface area (Å²) in [5, 5.41) is 3.39. The molecular weight excluding hydrogens is 528 g/mol. The van der Waals surface area contributed by atoms with Crippen molar-refractivity contribution in [2.75, 3.05) is 43.1 Å². The molecule has 0 unspecified atom stereocenters. The second-order valence-corrected chi connectivity index (χ2v) is 10.7. The van der Waals surface area contributed by atoms with E-state index in [1.807, 2.05) is 94.2 Å². The lowest BCUT2D eigenvalue weighted by molar-refractivity contribution is 0.0303. The number of ether oxygens (including phenoxy) is 1. The van der Waals surface area contributed by atoms with Crippen molar-refractivity contribution in [3.8, 4) is 11.3 Å². The molecule has 0 aliphatic carbocycles. The summed E-state index contributed by atoms with van der Waals surface area (Å²) in [6.45, 7) is 5.02. The van der Waals surface area contributed by atoms with Crippen molar-refractivity contribution >= 4 is 34.7 Å². The normalized spacial score (nSPS) is 14.7. The number of aryl methyl sites for hydroxylation is 1. The van der Waals surface area contributed by atoms with Crippen LogP contribution in [0.25, 0.3) is 16.9 Å². The van der Waals surface area contributed by atoms with Crippen molar-refractivity contribution in [1.29, 1.82) is 0 Å². The van der Waals surface area contributed by atoms with Crippen LogP contribution in [0.15, 0.2) is 85.3 Å². The number of imidazole rings is 1. The van der Waals surface area contributed by atoms with Gasteiger partial charge in [0.25, 0.3) is 11.8 Å². The van der Waals surface area contributed by atoms with Crippen LogP contribution in [-0.2, 0) is 11.2 Å². The first-order valence-corrected chi connectivity index (χ1v) is 14.1. The number of carbonyl (C=O) groups excluding carboxylic acids is 2. The molecule has 9 nitrogen and oxygen atoms in total. The molecule has 9 heteroatoms. The third kappa shape index (κ3) is 4.88. The van der Waals surface area contributed by atoms with Crippen molar-refractivity contribution in [2.24, 2.45) is 0 Å². The SMILES string of the molecule is Cc1ccc(C(=O)N2CCc3cc(-c4cn5ccnc5c(Nc5ccc(C(=O)N6CCOCC6)cc5)n4)ccc32)cc1. The van der Waals surface area contributed by atoms with Crippen LogP contribution < -0.4 is 10.2 Å². The molecular formula is C33H30N6O3. The van der Waals surface area contributed by atoms with Gasteiger partial charge >= 0.3 is 0 Å². The Hall–Kier alpha value is -5.02. The fraction of sp³-hybridized carbons (Fsp3) is 0.212. The van der Waals surface area contributed by atoms with Gasteiger partial charge in [-0.15, -0.1) is 0 Å². The van der Waals surface area contributed by atoms with E-state index in [1.165, 1.54) is 0 Å². The van der Waals surface area contributed by atoms with Gasteiger partial charge in [0.2, 0.25) is 0 Å². The molecule has 0 atom stereocenters. The second kappa shape index (κ2) is 10.8. The van der Waals surface area contributed by atoms with Gasteiger partial charge in [-0.2, -0.15) is 0 Å². The molecule has 3 aromatic carbocycles. The first-order chi connectivity index (χ1) is 20.5. The van der Waals surface area contributed by atoms with Crippen LogP contribution in [0.5, 0.6) is 0 Å². The highest BCUT2D eigenvalue weighted by Crippen LogP contribution is 2.34. The Bertz CT molecular complexity index is 1790. The zero-order valence-electron chi connectivity index (χ0n) is 23.3. The minimum absolute atomic E-state index is 0.0105. The number of nitrogens with zero attached hydrogens (tertiary/aromatic N) is 5. The Labute approximate surface area is 243 Å². The summed E-state index contributed by atoms with van der Waals surface area (Å²) in [4.78, 5) is 39.2. The van der Waals surface area contributed by atoms with E-state index in [2.05, 4.69) is 16.4 Å². The topological polar surface area (TPSA) is 92.1 Å². The third-order valence-corrected chi connectivity index (χ3v) is 7.88. The van der Waals surface area contributed by atoms with Crippen LogP contribution in [-0.4, -0.2) is 63.9 Å². The van der Waals surface area contributed by atoms with E-state index in [1.54, 1.807) is 6.20 Å². The molecule has 1 N–H and O–H groups in total. The predicted molar refractivity (Wildman–Crippen MR) is 161 cm³/mol. The fourth-order valence-electron chi connectivity index (χ4n) is 5.56. The standard InChI is InChI=1S/C33H30N6O3/c1-22-2-4-24(5-3-22)33(41)39-14-12-26-20-25(8-11-29(26)39)28-21-38-15-13-34-31(38)30(36-28)35-27-9-6-23(7-10-27)32(40)37-16-18-42-19-17-37/h2-11,13,15,20-21H,12,14,16-19H2,1H3,(H,35,36). The van der Waals surface area contributed by atoms with Crippen molar-refractivity contribution in [1.82, 2.24) is 19.3 Å². The van der Waals surface area contributed by atoms with Gasteiger partial charge in [0.05, 0.1) is 18.9 Å². The summed E-state index contributed by atoms with van der Waals surface area (Å²) in [6, 6.07) is 21.3. The molecule has 1 fully saturated rings. The van der Waals surface area contributed by atoms with Crippen LogP contribution in [0.2, 0.25) is 0 Å². The largest absolute Gasteiger partial charge is 0.378 e. The number of fused-ring (bicyclic) bond motifs is 2. The molecule has 5 aromatic rings. The highest BCUT2D eigenvalue weighted by atomic mass is 16.5. The molecule has 4 heterocycles. The summed E-state index contributed by atoms with van der Waals surface area (Å²) in [5.74, 6) is 0.640. The van der Waals surface area contributed by atoms with Crippen LogP contribution in [0.3, 0.4) is 0 Å². The monoisotopic (exact) mass is 558 g/mol. The van der Waals surface area contributed by atoms with Crippen molar-refractivity contribution in [3.63, 3.8) is 0 Å². The van der Waals surface area contributed by atoms with E-state index < -0.39 is 0 Å². The number of rotatable bonds is 5. The average molecular weight is 559 g/mol. The summed E-state index contributed by atoms with van der Waals surface area (Å²) in [5.41, 5.74) is 7.78. The van der Waals surface area contributed by atoms with Crippen LogP contribution in [0.1, 0.15) is 31.8 Å². The number of nitrogens with one attached hydrogen (secondary N) is 1. The molecule has 2 aromatic heterocycles. The van der Waals surface area contributed by atoms with Gasteiger partial charge in [-0.05, 0) is 67.4 Å². The number of aromatic nitrogens is 3. The van der Waals surface area contributed by atoms with E-state index in [0.717, 1.165) is 40.2 Å². The summed E-state index contributed by atoms with van der Waals surface area (Å²) < 4.78 is 7.31. The highest BCUT2D eigenvalue weighted by Gasteiger charge is 2.26. The summed E-state index contributed by atoms with van der Waals surface area (Å²) >= 11 is 0. The average Bonchev–Trinajstić information content (AvgIpc) is 3.69. The van der Waals surface area contributed by atoms with Gasteiger partial charge in [-0.1, -0.05) is 23.8 Å². The minimum Gasteiger partial charge on any atom is -0.378 e. The maximum absolute atomic E-state index is 13.2. The Morgan fingerprint density at radius 3 is 2.40 bits per heavy atom. The van der Waals surface area contributed by atoms with Gasteiger partial charge in [-0.3, -0.25) is 9.59 Å². The van der Waals surface area contributed by atoms with Gasteiger partial charge in [0, 0.05) is 66.3 Å². The number of anilines is 3. The Morgan fingerprint density at radius 2 is 1.62 bits per heavy atom. The van der Waals surface area contributed by atoms with E-state index >= 15 is 0 Å². The zero-order chi connectivity index (χ0) is 28.6. The lowest BCUT2D eigenvalue weighted by atomic mass is 10.1. The molecule has 2 aliphatic rings. The van der Waals surface area contributed by atoms with Crippen molar-refractivity contribution in [2.45, 2.75) is 13.3 Å². The smallest absolute Gasteiger partial charge is 0.258 e. The third-order valence-electron chi connectivity index (χ3n) is 7.88. The second-order valence-electron chi connectivity index (χ2n) is 10.7. The van der Waals surface area contributed by atoms with E-state index in [4.69, 9.17) is 9.72 Å². The number of hydrogen-bond donors (Lipinski definition) is 1. The quantitative estimate of drug-likeness (QED) is 0.322. The predicted octanol–water partition coefficient (Wildman–Crippen LogP) is 5.12. The Kier molecular flexibility index (Phi) is 6.64. The van der Waals surface area contributed by atoms with Gasteiger partial charge in [-0.25, -0.2) is 9.97 Å². The minimum atomic E-state index is 0.0105. The number of hydrogen-bond acceptors (Lipinski definition) is 6. The van der Waals surface area contributed by atoms with Gasteiger partial charge in [0.15, 0.2) is 11.5 Å². The lowest BCUT2D eigenvalue weighted by Crippen LogP contribution is -2.40. The first-order valence-electron chi connectivity index (χ1n) is 14.1. The van der Waals surface area contributed by atoms with Crippen LogP contribution >= 0.6 is 0 Å². The van der Waals surface area contributed by atoms with E-state index in [0.29, 0.717) is 55.4 Å². The zero-order valence-corrected chi connectivity index (χ0v) is 23.3. The molecule has 0 bridgehead atoms. The maximum Gasteiger partial charge on any atom is 0.258 e. The molecule has 1 saturated heterocycles.